The molecule has 2 nitrogen and oxygen atoms in total. The number of rotatable bonds is 2. The Balaban J connectivity index is 2.30. The molecule has 1 fully saturated rings. The summed E-state index contributed by atoms with van der Waals surface area (Å²) in [6.45, 7) is 2.19. The van der Waals surface area contributed by atoms with Gasteiger partial charge in [0.15, 0.2) is 0 Å². The third kappa shape index (κ3) is 2.21. The summed E-state index contributed by atoms with van der Waals surface area (Å²) in [7, 11) is 0. The van der Waals surface area contributed by atoms with E-state index in [0.29, 0.717) is 0 Å². The second-order valence-electron chi connectivity index (χ2n) is 3.46. The topological polar surface area (TPSA) is 37.3 Å². The molecule has 1 aliphatic carbocycles. The largest absolute Gasteiger partial charge is 0.481 e. The van der Waals surface area contributed by atoms with E-state index >= 15 is 0 Å². The van der Waals surface area contributed by atoms with E-state index in [1.807, 2.05) is 0 Å². The second-order valence-corrected chi connectivity index (χ2v) is 3.46. The zero-order chi connectivity index (χ0) is 8.27. The lowest BCUT2D eigenvalue weighted by atomic mass is 9.81. The highest BCUT2D eigenvalue weighted by Crippen LogP contribution is 2.30. The van der Waals surface area contributed by atoms with Crippen molar-refractivity contribution in [2.45, 2.75) is 39.0 Å². The standard InChI is InChI=1S/C9H16O2/c1-2-7-3-5-8(6-4-7)9(10)11/h7-8H,2-6H2,1H3,(H,10,11)/t7-,8+. The van der Waals surface area contributed by atoms with Gasteiger partial charge >= 0.3 is 5.97 Å². The van der Waals surface area contributed by atoms with Crippen LogP contribution in [0.4, 0.5) is 0 Å². The molecule has 2 heteroatoms. The maximum absolute atomic E-state index is 10.5. The van der Waals surface area contributed by atoms with Gasteiger partial charge in [0, 0.05) is 0 Å². The van der Waals surface area contributed by atoms with E-state index < -0.39 is 5.97 Å². The number of carbonyl (C=O) groups is 1. The summed E-state index contributed by atoms with van der Waals surface area (Å²) < 4.78 is 0. The molecule has 1 N–H and O–H groups in total. The summed E-state index contributed by atoms with van der Waals surface area (Å²) in [4.78, 5) is 10.5. The molecular weight excluding hydrogens is 140 g/mol. The molecule has 0 aliphatic heterocycles. The van der Waals surface area contributed by atoms with Gasteiger partial charge in [0.2, 0.25) is 0 Å². The maximum Gasteiger partial charge on any atom is 0.306 e. The minimum absolute atomic E-state index is 0.0437. The Morgan fingerprint density at radius 1 is 1.36 bits per heavy atom. The van der Waals surface area contributed by atoms with Crippen molar-refractivity contribution in [3.8, 4) is 0 Å². The molecule has 0 saturated heterocycles. The van der Waals surface area contributed by atoms with Crippen molar-refractivity contribution in [2.75, 3.05) is 0 Å². The van der Waals surface area contributed by atoms with Gasteiger partial charge in [-0.05, 0) is 31.6 Å². The molecule has 0 aromatic carbocycles. The molecule has 0 amide bonds. The highest BCUT2D eigenvalue weighted by atomic mass is 16.4. The van der Waals surface area contributed by atoms with Crippen LogP contribution in [0, 0.1) is 11.8 Å². The first-order chi connectivity index (χ1) is 5.24. The molecule has 0 aromatic heterocycles. The van der Waals surface area contributed by atoms with Gasteiger partial charge in [0.25, 0.3) is 0 Å². The Labute approximate surface area is 67.6 Å². The summed E-state index contributed by atoms with van der Waals surface area (Å²) in [5, 5.41) is 8.70. The van der Waals surface area contributed by atoms with Crippen LogP contribution in [-0.2, 0) is 4.79 Å². The van der Waals surface area contributed by atoms with Gasteiger partial charge in [-0.15, -0.1) is 0 Å². The van der Waals surface area contributed by atoms with Crippen molar-refractivity contribution in [1.82, 2.24) is 0 Å². The van der Waals surface area contributed by atoms with Crippen LogP contribution in [0.3, 0.4) is 0 Å². The third-order valence-electron chi connectivity index (χ3n) is 2.77. The Morgan fingerprint density at radius 3 is 2.27 bits per heavy atom. The molecule has 0 atom stereocenters. The molecule has 0 unspecified atom stereocenters. The Kier molecular flexibility index (Phi) is 2.92. The smallest absolute Gasteiger partial charge is 0.306 e. The van der Waals surface area contributed by atoms with E-state index in [0.717, 1.165) is 31.6 Å². The molecule has 1 rings (SSSR count). The van der Waals surface area contributed by atoms with Gasteiger partial charge in [-0.1, -0.05) is 13.3 Å². The minimum atomic E-state index is -0.598. The second kappa shape index (κ2) is 3.74. The van der Waals surface area contributed by atoms with Gasteiger partial charge in [-0.3, -0.25) is 4.79 Å². The molecule has 11 heavy (non-hydrogen) atoms. The molecule has 0 heterocycles. The van der Waals surface area contributed by atoms with Gasteiger partial charge in [-0.2, -0.15) is 0 Å². The van der Waals surface area contributed by atoms with Crippen LogP contribution in [-0.4, -0.2) is 11.1 Å². The van der Waals surface area contributed by atoms with Crippen molar-refractivity contribution in [1.29, 1.82) is 0 Å². The summed E-state index contributed by atoms with van der Waals surface area (Å²) in [6, 6.07) is 0. The molecule has 0 radical (unpaired) electrons. The molecule has 1 saturated carbocycles. The Bertz CT molecular complexity index is 134. The lowest BCUT2D eigenvalue weighted by molar-refractivity contribution is -0.143. The monoisotopic (exact) mass is 156 g/mol. The average Bonchev–Trinajstić information content (AvgIpc) is 2.05. The lowest BCUT2D eigenvalue weighted by Crippen LogP contribution is -2.20. The van der Waals surface area contributed by atoms with Crippen LogP contribution in [0.25, 0.3) is 0 Å². The highest BCUT2D eigenvalue weighted by molar-refractivity contribution is 5.69. The first-order valence-corrected chi connectivity index (χ1v) is 4.46. The molecule has 0 aromatic rings. The fourth-order valence-corrected chi connectivity index (χ4v) is 1.82. The van der Waals surface area contributed by atoms with Crippen LogP contribution < -0.4 is 0 Å². The summed E-state index contributed by atoms with van der Waals surface area (Å²) >= 11 is 0. The molecule has 0 spiro atoms. The Hall–Kier alpha value is -0.530. The van der Waals surface area contributed by atoms with Crippen LogP contribution in [0.2, 0.25) is 0 Å². The van der Waals surface area contributed by atoms with E-state index in [1.54, 1.807) is 0 Å². The number of carboxylic acids is 1. The van der Waals surface area contributed by atoms with Gasteiger partial charge in [0.05, 0.1) is 5.92 Å². The van der Waals surface area contributed by atoms with Crippen LogP contribution in [0.5, 0.6) is 0 Å². The minimum Gasteiger partial charge on any atom is -0.481 e. The van der Waals surface area contributed by atoms with Crippen molar-refractivity contribution < 1.29 is 9.90 Å². The Morgan fingerprint density at radius 2 is 1.91 bits per heavy atom. The average molecular weight is 156 g/mol. The van der Waals surface area contributed by atoms with Gasteiger partial charge < -0.3 is 5.11 Å². The molecule has 64 valence electrons. The van der Waals surface area contributed by atoms with E-state index in [4.69, 9.17) is 5.11 Å². The number of aliphatic carboxylic acids is 1. The number of hydrogen-bond donors (Lipinski definition) is 1. The van der Waals surface area contributed by atoms with E-state index in [-0.39, 0.29) is 5.92 Å². The van der Waals surface area contributed by atoms with Crippen molar-refractivity contribution in [2.24, 2.45) is 11.8 Å². The summed E-state index contributed by atoms with van der Waals surface area (Å²) in [5.41, 5.74) is 0. The zero-order valence-electron chi connectivity index (χ0n) is 7.05. The van der Waals surface area contributed by atoms with Gasteiger partial charge in [-0.25, -0.2) is 0 Å². The highest BCUT2D eigenvalue weighted by Gasteiger charge is 2.24. The molecule has 1 aliphatic rings. The normalized spacial score (nSPS) is 31.7. The summed E-state index contributed by atoms with van der Waals surface area (Å²) in [5.74, 6) is 0.156. The first-order valence-electron chi connectivity index (χ1n) is 4.46. The first kappa shape index (κ1) is 8.57. The molecular formula is C9H16O2. The third-order valence-corrected chi connectivity index (χ3v) is 2.77. The van der Waals surface area contributed by atoms with E-state index in [9.17, 15) is 4.79 Å². The zero-order valence-corrected chi connectivity index (χ0v) is 7.05. The molecule has 0 bridgehead atoms. The van der Waals surface area contributed by atoms with Crippen LogP contribution in [0.1, 0.15) is 39.0 Å². The lowest BCUT2D eigenvalue weighted by Gasteiger charge is -2.24. The van der Waals surface area contributed by atoms with Gasteiger partial charge in [0.1, 0.15) is 0 Å². The van der Waals surface area contributed by atoms with Crippen molar-refractivity contribution in [3.05, 3.63) is 0 Å². The predicted octanol–water partition coefficient (Wildman–Crippen LogP) is 2.29. The van der Waals surface area contributed by atoms with E-state index in [1.165, 1.54) is 6.42 Å². The SMILES string of the molecule is CC[C@H]1CC[C@@H](C(=O)O)CC1. The van der Waals surface area contributed by atoms with Crippen LogP contribution in [0.15, 0.2) is 0 Å². The van der Waals surface area contributed by atoms with Crippen molar-refractivity contribution >= 4 is 5.97 Å². The fraction of sp³-hybridized carbons (Fsp3) is 0.889. The number of carboxylic acid groups (broad SMARTS) is 1. The number of hydrogen-bond acceptors (Lipinski definition) is 1. The quantitative estimate of drug-likeness (QED) is 0.666. The van der Waals surface area contributed by atoms with Crippen molar-refractivity contribution in [3.63, 3.8) is 0 Å². The fourth-order valence-electron chi connectivity index (χ4n) is 1.82. The maximum atomic E-state index is 10.5. The van der Waals surface area contributed by atoms with Crippen LogP contribution >= 0.6 is 0 Å². The van der Waals surface area contributed by atoms with E-state index in [2.05, 4.69) is 6.92 Å². The summed E-state index contributed by atoms with van der Waals surface area (Å²) in [6.07, 6.45) is 5.24. The predicted molar refractivity (Wildman–Crippen MR) is 43.4 cm³/mol.